The molecule has 0 N–H and O–H groups in total. The number of fused-ring (bicyclic) bond motifs is 1. The van der Waals surface area contributed by atoms with Crippen LogP contribution < -0.4 is 4.90 Å². The molecule has 0 unspecified atom stereocenters. The number of aryl methyl sites for hydroxylation is 1. The molecule has 0 spiro atoms. The van der Waals surface area contributed by atoms with Gasteiger partial charge < -0.3 is 4.90 Å². The summed E-state index contributed by atoms with van der Waals surface area (Å²) in [4.78, 5) is 2.31. The molecule has 0 saturated heterocycles. The molecule has 0 radical (unpaired) electrons. The van der Waals surface area contributed by atoms with E-state index in [0.29, 0.717) is 5.57 Å². The Balaban J connectivity index is 1.23. The first-order valence-corrected chi connectivity index (χ1v) is 14.1. The van der Waals surface area contributed by atoms with E-state index in [2.05, 4.69) is 103 Å². The minimum absolute atomic E-state index is 0.705. The quantitative estimate of drug-likeness (QED) is 0.200. The van der Waals surface area contributed by atoms with Gasteiger partial charge in [0, 0.05) is 25.2 Å². The molecule has 0 heterocycles. The Kier molecular flexibility index (Phi) is 8.18. The van der Waals surface area contributed by atoms with Crippen LogP contribution in [0.2, 0.25) is 0 Å². The number of azo groups is 1. The SMILES string of the molecule is CCCCc1ccc2cc(/C(C#N)=C/C3=CC4=C(C=C(N=Nc5ccc(N(CC)CC)cc5)C4)C3)ccc2c1. The fourth-order valence-corrected chi connectivity index (χ4v) is 5.42. The molecule has 39 heavy (non-hydrogen) atoms. The maximum atomic E-state index is 9.95. The van der Waals surface area contributed by atoms with Gasteiger partial charge in [-0.3, -0.25) is 0 Å². The van der Waals surface area contributed by atoms with Crippen molar-refractivity contribution in [3.63, 3.8) is 0 Å². The third-order valence-corrected chi connectivity index (χ3v) is 7.64. The van der Waals surface area contributed by atoms with Crippen molar-refractivity contribution in [1.29, 1.82) is 5.26 Å². The second-order valence-corrected chi connectivity index (χ2v) is 10.3. The molecule has 0 atom stereocenters. The summed E-state index contributed by atoms with van der Waals surface area (Å²) in [6, 6.07) is 23.7. The molecule has 0 bridgehead atoms. The number of rotatable bonds is 10. The Labute approximate surface area is 232 Å². The van der Waals surface area contributed by atoms with Crippen LogP contribution in [0.25, 0.3) is 16.3 Å². The zero-order chi connectivity index (χ0) is 27.2. The first-order chi connectivity index (χ1) is 19.1. The third-order valence-electron chi connectivity index (χ3n) is 7.64. The molecule has 0 fully saturated rings. The average Bonchev–Trinajstić information content (AvgIpc) is 3.53. The highest BCUT2D eigenvalue weighted by atomic mass is 15.1. The van der Waals surface area contributed by atoms with Gasteiger partial charge >= 0.3 is 0 Å². The summed E-state index contributed by atoms with van der Waals surface area (Å²) in [6.07, 6.45) is 11.5. The van der Waals surface area contributed by atoms with Crippen LogP contribution in [-0.2, 0) is 6.42 Å². The third kappa shape index (κ3) is 6.10. The van der Waals surface area contributed by atoms with E-state index in [0.717, 1.165) is 49.3 Å². The molecule has 0 amide bonds. The summed E-state index contributed by atoms with van der Waals surface area (Å²) < 4.78 is 0. The first kappa shape index (κ1) is 26.4. The lowest BCUT2D eigenvalue weighted by Crippen LogP contribution is -2.21. The number of anilines is 1. The van der Waals surface area contributed by atoms with Gasteiger partial charge in [0.2, 0.25) is 0 Å². The van der Waals surface area contributed by atoms with Crippen molar-refractivity contribution in [2.24, 2.45) is 10.2 Å². The van der Waals surface area contributed by atoms with Crippen LogP contribution in [0.4, 0.5) is 11.4 Å². The van der Waals surface area contributed by atoms with Gasteiger partial charge in [-0.2, -0.15) is 15.5 Å². The minimum Gasteiger partial charge on any atom is -0.372 e. The number of nitrogens with zero attached hydrogens (tertiary/aromatic N) is 4. The van der Waals surface area contributed by atoms with Gasteiger partial charge in [0.25, 0.3) is 0 Å². The summed E-state index contributed by atoms with van der Waals surface area (Å²) in [5, 5.41) is 21.4. The van der Waals surface area contributed by atoms with Crippen LogP contribution in [0, 0.1) is 11.3 Å². The summed E-state index contributed by atoms with van der Waals surface area (Å²) in [7, 11) is 0. The fraction of sp³-hybridized carbons (Fsp3) is 0.286. The van der Waals surface area contributed by atoms with E-state index in [9.17, 15) is 5.26 Å². The van der Waals surface area contributed by atoms with Gasteiger partial charge in [0.15, 0.2) is 0 Å². The molecule has 3 aromatic carbocycles. The molecule has 196 valence electrons. The van der Waals surface area contributed by atoms with Gasteiger partial charge in [-0.1, -0.05) is 49.8 Å². The Morgan fingerprint density at radius 1 is 0.872 bits per heavy atom. The predicted octanol–water partition coefficient (Wildman–Crippen LogP) is 9.63. The Morgan fingerprint density at radius 3 is 2.33 bits per heavy atom. The number of hydrogen-bond donors (Lipinski definition) is 0. The number of unbranched alkanes of at least 4 members (excludes halogenated alkanes) is 1. The first-order valence-electron chi connectivity index (χ1n) is 14.1. The number of allylic oxidation sites excluding steroid dienone is 7. The number of benzene rings is 3. The zero-order valence-electron chi connectivity index (χ0n) is 23.2. The highest BCUT2D eigenvalue weighted by molar-refractivity contribution is 5.89. The average molecular weight is 513 g/mol. The highest BCUT2D eigenvalue weighted by Crippen LogP contribution is 2.39. The maximum absolute atomic E-state index is 9.95. The summed E-state index contributed by atoms with van der Waals surface area (Å²) in [5.41, 5.74) is 9.85. The molecule has 2 aliphatic rings. The largest absolute Gasteiger partial charge is 0.372 e. The smallest absolute Gasteiger partial charge is 0.0998 e. The highest BCUT2D eigenvalue weighted by Gasteiger charge is 2.21. The Hall–Kier alpha value is -4.23. The fourth-order valence-electron chi connectivity index (χ4n) is 5.42. The van der Waals surface area contributed by atoms with Gasteiger partial charge in [-0.15, -0.1) is 0 Å². The van der Waals surface area contributed by atoms with Crippen molar-refractivity contribution in [3.05, 3.63) is 112 Å². The summed E-state index contributed by atoms with van der Waals surface area (Å²) >= 11 is 0. The number of nitriles is 1. The monoisotopic (exact) mass is 512 g/mol. The summed E-state index contributed by atoms with van der Waals surface area (Å²) in [6.45, 7) is 8.54. The molecule has 4 heteroatoms. The van der Waals surface area contributed by atoms with Gasteiger partial charge in [-0.25, -0.2) is 0 Å². The molecule has 4 nitrogen and oxygen atoms in total. The van der Waals surface area contributed by atoms with Gasteiger partial charge in [0.1, 0.15) is 0 Å². The van der Waals surface area contributed by atoms with E-state index >= 15 is 0 Å². The van der Waals surface area contributed by atoms with E-state index in [-0.39, 0.29) is 0 Å². The Bertz CT molecular complexity index is 1550. The van der Waals surface area contributed by atoms with E-state index in [4.69, 9.17) is 0 Å². The van der Waals surface area contributed by atoms with Gasteiger partial charge in [-0.05, 0) is 114 Å². The van der Waals surface area contributed by atoms with E-state index < -0.39 is 0 Å². The number of hydrogen-bond acceptors (Lipinski definition) is 4. The van der Waals surface area contributed by atoms with Crippen LogP contribution in [0.15, 0.2) is 112 Å². The second kappa shape index (κ2) is 12.1. The molecule has 2 aliphatic carbocycles. The van der Waals surface area contributed by atoms with Crippen LogP contribution >= 0.6 is 0 Å². The van der Waals surface area contributed by atoms with Crippen molar-refractivity contribution in [3.8, 4) is 6.07 Å². The van der Waals surface area contributed by atoms with Crippen molar-refractivity contribution in [1.82, 2.24) is 0 Å². The molecule has 5 rings (SSSR count). The van der Waals surface area contributed by atoms with Crippen LogP contribution in [0.3, 0.4) is 0 Å². The lowest BCUT2D eigenvalue weighted by Gasteiger charge is -2.20. The van der Waals surface area contributed by atoms with Crippen molar-refractivity contribution < 1.29 is 0 Å². The molecular weight excluding hydrogens is 476 g/mol. The van der Waals surface area contributed by atoms with Crippen molar-refractivity contribution in [2.75, 3.05) is 18.0 Å². The zero-order valence-corrected chi connectivity index (χ0v) is 23.2. The van der Waals surface area contributed by atoms with E-state index in [1.807, 2.05) is 18.2 Å². The topological polar surface area (TPSA) is 51.8 Å². The normalized spacial score (nSPS) is 15.1. The molecule has 0 saturated carbocycles. The lowest BCUT2D eigenvalue weighted by molar-refractivity contribution is 0.796. The molecule has 0 aromatic heterocycles. The van der Waals surface area contributed by atoms with Crippen LogP contribution in [0.1, 0.15) is 57.6 Å². The van der Waals surface area contributed by atoms with E-state index in [1.54, 1.807) is 0 Å². The molecule has 3 aromatic rings. The minimum atomic E-state index is 0.705. The Morgan fingerprint density at radius 2 is 1.62 bits per heavy atom. The van der Waals surface area contributed by atoms with Crippen molar-refractivity contribution in [2.45, 2.75) is 52.9 Å². The van der Waals surface area contributed by atoms with Crippen LogP contribution in [0.5, 0.6) is 0 Å². The predicted molar refractivity (Wildman–Crippen MR) is 163 cm³/mol. The second-order valence-electron chi connectivity index (χ2n) is 10.3. The lowest BCUT2D eigenvalue weighted by atomic mass is 9.97. The van der Waals surface area contributed by atoms with Crippen molar-refractivity contribution >= 4 is 27.7 Å². The van der Waals surface area contributed by atoms with Crippen LogP contribution in [-0.4, -0.2) is 13.1 Å². The molecular formula is C35H36N4. The summed E-state index contributed by atoms with van der Waals surface area (Å²) in [5.74, 6) is 0. The standard InChI is InChI=1S/C35H36N4/c1-4-7-8-25-9-10-28-21-29(12-11-27(28)17-25)32(24-36)20-26-18-30-22-34(23-31(30)19-26)38-37-33-13-15-35(16-14-33)39(5-2)6-3/h9-18,20-21,23H,4-8,19,22H2,1-3H3/b32-20+,38-37?. The maximum Gasteiger partial charge on any atom is 0.0998 e. The molecule has 0 aliphatic heterocycles. The van der Waals surface area contributed by atoms with Gasteiger partial charge in [0.05, 0.1) is 23.0 Å². The van der Waals surface area contributed by atoms with E-state index in [1.165, 1.54) is 51.6 Å².